The van der Waals surface area contributed by atoms with E-state index < -0.39 is 0 Å². The molecule has 0 aromatic heterocycles. The Hall–Kier alpha value is -0.340. The van der Waals surface area contributed by atoms with Gasteiger partial charge in [-0.15, -0.1) is 11.6 Å². The van der Waals surface area contributed by atoms with Crippen molar-refractivity contribution in [1.29, 1.82) is 0 Å². The number of hydrogen-bond donors (Lipinski definition) is 0. The number of halogens is 1. The summed E-state index contributed by atoms with van der Waals surface area (Å²) in [5.74, 6) is 3.85. The second-order valence-corrected chi connectivity index (χ2v) is 5.35. The van der Waals surface area contributed by atoms with Crippen LogP contribution < -0.4 is 4.74 Å². The third-order valence-electron chi connectivity index (χ3n) is 2.48. The van der Waals surface area contributed by atoms with Gasteiger partial charge in [-0.05, 0) is 18.6 Å². The van der Waals surface area contributed by atoms with E-state index >= 15 is 0 Å². The van der Waals surface area contributed by atoms with E-state index in [1.54, 1.807) is 0 Å². The predicted molar refractivity (Wildman–Crippen MR) is 67.3 cm³/mol. The second-order valence-electron chi connectivity index (χ2n) is 3.82. The highest BCUT2D eigenvalue weighted by molar-refractivity contribution is 7.99. The van der Waals surface area contributed by atoms with Gasteiger partial charge in [0.15, 0.2) is 0 Å². The first-order valence-electron chi connectivity index (χ1n) is 5.19. The first-order chi connectivity index (χ1) is 7.29. The van der Waals surface area contributed by atoms with Crippen molar-refractivity contribution in [2.75, 3.05) is 17.4 Å². The molecule has 0 aliphatic carbocycles. The molecule has 2 rings (SSSR count). The van der Waals surface area contributed by atoms with E-state index in [-0.39, 0.29) is 0 Å². The molecule has 1 aliphatic rings. The zero-order chi connectivity index (χ0) is 10.7. The zero-order valence-electron chi connectivity index (χ0n) is 8.83. The van der Waals surface area contributed by atoms with Gasteiger partial charge in [-0.1, -0.05) is 17.7 Å². The Labute approximate surface area is 100 Å². The number of benzene rings is 1. The van der Waals surface area contributed by atoms with Crippen molar-refractivity contribution in [3.05, 3.63) is 29.3 Å². The van der Waals surface area contributed by atoms with Crippen LogP contribution in [0.5, 0.6) is 5.75 Å². The minimum Gasteiger partial charge on any atom is -0.489 e. The van der Waals surface area contributed by atoms with Gasteiger partial charge in [0.2, 0.25) is 0 Å². The topological polar surface area (TPSA) is 9.23 Å². The first-order valence-corrected chi connectivity index (χ1v) is 6.88. The maximum atomic E-state index is 5.84. The van der Waals surface area contributed by atoms with Crippen LogP contribution in [0.4, 0.5) is 0 Å². The average Bonchev–Trinajstić information content (AvgIpc) is 2.60. The summed E-state index contributed by atoms with van der Waals surface area (Å²) in [5.41, 5.74) is 2.66. The minimum absolute atomic E-state index is 0.343. The van der Waals surface area contributed by atoms with Crippen LogP contribution in [0.3, 0.4) is 0 Å². The van der Waals surface area contributed by atoms with Crippen LogP contribution in [0, 0.1) is 6.92 Å². The smallest absolute Gasteiger partial charge is 0.123 e. The van der Waals surface area contributed by atoms with Gasteiger partial charge >= 0.3 is 0 Å². The van der Waals surface area contributed by atoms with Gasteiger partial charge in [-0.25, -0.2) is 0 Å². The molecule has 0 saturated heterocycles. The molecule has 0 bridgehead atoms. The largest absolute Gasteiger partial charge is 0.489 e. The highest BCUT2D eigenvalue weighted by atomic mass is 35.5. The molecule has 0 radical (unpaired) electrons. The van der Waals surface area contributed by atoms with Crippen LogP contribution in [-0.2, 0) is 6.42 Å². The fourth-order valence-corrected chi connectivity index (χ4v) is 2.86. The Kier molecular flexibility index (Phi) is 3.81. The van der Waals surface area contributed by atoms with Gasteiger partial charge in [0.05, 0.1) is 0 Å². The predicted octanol–water partition coefficient (Wildman–Crippen LogP) is 3.27. The standard InChI is InChI=1S/C12H15ClOS/c1-9-2-3-12-10(6-9)7-11(14-12)8-15-5-4-13/h2-3,6,11H,4-5,7-8H2,1H3. The summed E-state index contributed by atoms with van der Waals surface area (Å²) >= 11 is 7.50. The number of thioether (sulfide) groups is 1. The lowest BCUT2D eigenvalue weighted by atomic mass is 10.1. The lowest BCUT2D eigenvalue weighted by Gasteiger charge is -2.08. The van der Waals surface area contributed by atoms with E-state index in [4.69, 9.17) is 16.3 Å². The molecule has 82 valence electrons. The van der Waals surface area contributed by atoms with E-state index in [0.29, 0.717) is 6.10 Å². The molecule has 0 fully saturated rings. The molecule has 1 heterocycles. The Balaban J connectivity index is 1.91. The third kappa shape index (κ3) is 2.82. The summed E-state index contributed by atoms with van der Waals surface area (Å²) in [6.07, 6.45) is 1.39. The molecular formula is C12H15ClOS. The van der Waals surface area contributed by atoms with Gasteiger partial charge in [0.25, 0.3) is 0 Å². The van der Waals surface area contributed by atoms with Crippen LogP contribution >= 0.6 is 23.4 Å². The lowest BCUT2D eigenvalue weighted by molar-refractivity contribution is 0.259. The number of hydrogen-bond acceptors (Lipinski definition) is 2. The Morgan fingerprint density at radius 1 is 1.53 bits per heavy atom. The molecule has 1 aromatic carbocycles. The molecule has 1 unspecified atom stereocenters. The molecule has 0 saturated carbocycles. The van der Waals surface area contributed by atoms with Crippen molar-refractivity contribution >= 4 is 23.4 Å². The molecule has 1 atom stereocenters. The van der Waals surface area contributed by atoms with Crippen LogP contribution in [-0.4, -0.2) is 23.5 Å². The molecule has 1 aliphatic heterocycles. The summed E-state index contributed by atoms with van der Waals surface area (Å²) < 4.78 is 5.84. The quantitative estimate of drug-likeness (QED) is 0.592. The molecule has 0 N–H and O–H groups in total. The molecule has 15 heavy (non-hydrogen) atoms. The maximum absolute atomic E-state index is 5.84. The number of aryl methyl sites for hydroxylation is 1. The number of rotatable bonds is 4. The first kappa shape index (κ1) is 11.2. The van der Waals surface area contributed by atoms with Gasteiger partial charge in [0.1, 0.15) is 11.9 Å². The van der Waals surface area contributed by atoms with Crippen LogP contribution in [0.25, 0.3) is 0 Å². The number of alkyl halides is 1. The van der Waals surface area contributed by atoms with Crippen LogP contribution in [0.1, 0.15) is 11.1 Å². The second kappa shape index (κ2) is 5.13. The van der Waals surface area contributed by atoms with E-state index in [1.165, 1.54) is 11.1 Å². The SMILES string of the molecule is Cc1ccc2c(c1)CC(CSCCCl)O2. The fraction of sp³-hybridized carbons (Fsp3) is 0.500. The van der Waals surface area contributed by atoms with Crippen molar-refractivity contribution < 1.29 is 4.74 Å². The van der Waals surface area contributed by atoms with E-state index in [2.05, 4.69) is 25.1 Å². The Morgan fingerprint density at radius 2 is 2.40 bits per heavy atom. The minimum atomic E-state index is 0.343. The van der Waals surface area contributed by atoms with Crippen molar-refractivity contribution in [2.45, 2.75) is 19.4 Å². The molecule has 1 aromatic rings. The van der Waals surface area contributed by atoms with Gasteiger partial charge in [-0.3, -0.25) is 0 Å². The number of fused-ring (bicyclic) bond motifs is 1. The zero-order valence-corrected chi connectivity index (χ0v) is 10.4. The normalized spacial score (nSPS) is 18.7. The summed E-state index contributed by atoms with van der Waals surface area (Å²) in [5, 5.41) is 0. The summed E-state index contributed by atoms with van der Waals surface area (Å²) in [6.45, 7) is 2.12. The highest BCUT2D eigenvalue weighted by Crippen LogP contribution is 2.30. The van der Waals surface area contributed by atoms with E-state index in [0.717, 1.165) is 29.6 Å². The summed E-state index contributed by atoms with van der Waals surface area (Å²) in [7, 11) is 0. The van der Waals surface area contributed by atoms with Crippen molar-refractivity contribution in [2.24, 2.45) is 0 Å². The molecule has 1 nitrogen and oxygen atoms in total. The lowest BCUT2D eigenvalue weighted by Crippen LogP contribution is -2.16. The van der Waals surface area contributed by atoms with Crippen LogP contribution in [0.2, 0.25) is 0 Å². The highest BCUT2D eigenvalue weighted by Gasteiger charge is 2.22. The van der Waals surface area contributed by atoms with E-state index in [9.17, 15) is 0 Å². The molecule has 3 heteroatoms. The number of ether oxygens (including phenoxy) is 1. The maximum Gasteiger partial charge on any atom is 0.123 e. The molecular weight excluding hydrogens is 228 g/mol. The summed E-state index contributed by atoms with van der Waals surface area (Å²) in [6, 6.07) is 6.41. The fourth-order valence-electron chi connectivity index (χ4n) is 1.81. The van der Waals surface area contributed by atoms with Gasteiger partial charge in [0, 0.05) is 23.8 Å². The molecule has 0 amide bonds. The van der Waals surface area contributed by atoms with Crippen molar-refractivity contribution in [3.63, 3.8) is 0 Å². The average molecular weight is 243 g/mol. The van der Waals surface area contributed by atoms with Gasteiger partial charge in [-0.2, -0.15) is 11.8 Å². The van der Waals surface area contributed by atoms with Gasteiger partial charge < -0.3 is 4.74 Å². The van der Waals surface area contributed by atoms with E-state index in [1.807, 2.05) is 11.8 Å². The summed E-state index contributed by atoms with van der Waals surface area (Å²) in [4.78, 5) is 0. The molecule has 0 spiro atoms. The van der Waals surface area contributed by atoms with Crippen molar-refractivity contribution in [3.8, 4) is 5.75 Å². The van der Waals surface area contributed by atoms with Crippen molar-refractivity contribution in [1.82, 2.24) is 0 Å². The van der Waals surface area contributed by atoms with Crippen LogP contribution in [0.15, 0.2) is 18.2 Å². The third-order valence-corrected chi connectivity index (χ3v) is 4.00. The monoisotopic (exact) mass is 242 g/mol. The Bertz CT molecular complexity index is 340. The Morgan fingerprint density at radius 3 is 3.20 bits per heavy atom.